The van der Waals surface area contributed by atoms with Gasteiger partial charge in [0.15, 0.2) is 0 Å². The molecule has 92 valence electrons. The number of carbonyl (C=O) groups is 2. The third-order valence-electron chi connectivity index (χ3n) is 3.31. The van der Waals surface area contributed by atoms with Gasteiger partial charge in [-0.25, -0.2) is 0 Å². The molecule has 0 aromatic rings. The Morgan fingerprint density at radius 2 is 1.88 bits per heavy atom. The topological polar surface area (TPSA) is 66.4 Å². The summed E-state index contributed by atoms with van der Waals surface area (Å²) in [5.74, 6) is -0.483. The Balaban J connectivity index is 2.23. The molecule has 0 saturated heterocycles. The second kappa shape index (κ2) is 6.51. The Labute approximate surface area is 96.4 Å². The predicted octanol–water partition coefficient (Wildman–Crippen LogP) is 1.94. The molecule has 1 saturated carbocycles. The van der Waals surface area contributed by atoms with E-state index < -0.39 is 5.97 Å². The van der Waals surface area contributed by atoms with Crippen molar-refractivity contribution >= 4 is 11.9 Å². The van der Waals surface area contributed by atoms with Crippen LogP contribution >= 0.6 is 0 Å². The smallest absolute Gasteiger partial charge is 0.303 e. The molecule has 0 spiro atoms. The van der Waals surface area contributed by atoms with Crippen molar-refractivity contribution in [3.8, 4) is 0 Å². The number of aliphatic carboxylic acids is 1. The molecule has 0 bridgehead atoms. The van der Waals surface area contributed by atoms with Crippen molar-refractivity contribution in [1.29, 1.82) is 0 Å². The summed E-state index contributed by atoms with van der Waals surface area (Å²) in [6.45, 7) is 2.02. The number of carboxylic acids is 1. The van der Waals surface area contributed by atoms with E-state index in [-0.39, 0.29) is 24.8 Å². The predicted molar refractivity (Wildman–Crippen MR) is 61.0 cm³/mol. The van der Waals surface area contributed by atoms with Gasteiger partial charge in [-0.15, -0.1) is 0 Å². The standard InChI is InChI=1S/C12H21NO3/c1-9(10-5-3-2-4-6-10)13-11(14)7-8-12(15)16/h9-10H,2-8H2,1H3,(H,13,14)(H,15,16)/t9-/m0/s1. The summed E-state index contributed by atoms with van der Waals surface area (Å²) in [5, 5.41) is 11.4. The molecule has 1 aliphatic carbocycles. The second-order valence-corrected chi connectivity index (χ2v) is 4.65. The SMILES string of the molecule is C[C@H](NC(=O)CCC(=O)O)C1CCCCC1. The zero-order valence-corrected chi connectivity index (χ0v) is 9.87. The fourth-order valence-corrected chi connectivity index (χ4v) is 2.30. The first-order valence-electron chi connectivity index (χ1n) is 6.10. The van der Waals surface area contributed by atoms with Gasteiger partial charge in [0.05, 0.1) is 6.42 Å². The minimum atomic E-state index is -0.916. The number of nitrogens with one attached hydrogen (secondary N) is 1. The fourth-order valence-electron chi connectivity index (χ4n) is 2.30. The van der Waals surface area contributed by atoms with Gasteiger partial charge < -0.3 is 10.4 Å². The van der Waals surface area contributed by atoms with E-state index in [9.17, 15) is 9.59 Å². The molecular formula is C12H21NO3. The molecule has 4 nitrogen and oxygen atoms in total. The molecule has 1 fully saturated rings. The van der Waals surface area contributed by atoms with Gasteiger partial charge in [-0.2, -0.15) is 0 Å². The van der Waals surface area contributed by atoms with E-state index >= 15 is 0 Å². The van der Waals surface area contributed by atoms with E-state index in [4.69, 9.17) is 5.11 Å². The number of carboxylic acid groups (broad SMARTS) is 1. The summed E-state index contributed by atoms with van der Waals surface area (Å²) in [7, 11) is 0. The molecule has 4 heteroatoms. The van der Waals surface area contributed by atoms with E-state index in [1.165, 1.54) is 32.1 Å². The number of hydrogen-bond donors (Lipinski definition) is 2. The van der Waals surface area contributed by atoms with Crippen LogP contribution in [0.2, 0.25) is 0 Å². The van der Waals surface area contributed by atoms with Gasteiger partial charge in [0, 0.05) is 12.5 Å². The molecule has 0 heterocycles. The monoisotopic (exact) mass is 227 g/mol. The number of hydrogen-bond acceptors (Lipinski definition) is 2. The molecular weight excluding hydrogens is 206 g/mol. The highest BCUT2D eigenvalue weighted by molar-refractivity contribution is 5.80. The third-order valence-corrected chi connectivity index (χ3v) is 3.31. The van der Waals surface area contributed by atoms with Crippen LogP contribution in [0.25, 0.3) is 0 Å². The zero-order valence-electron chi connectivity index (χ0n) is 9.87. The lowest BCUT2D eigenvalue weighted by Crippen LogP contribution is -2.38. The van der Waals surface area contributed by atoms with Crippen molar-refractivity contribution < 1.29 is 14.7 Å². The lowest BCUT2D eigenvalue weighted by molar-refractivity contribution is -0.139. The minimum absolute atomic E-state index is 0.0801. The van der Waals surface area contributed by atoms with E-state index in [1.807, 2.05) is 6.92 Å². The highest BCUT2D eigenvalue weighted by Crippen LogP contribution is 2.26. The van der Waals surface area contributed by atoms with Gasteiger partial charge in [-0.05, 0) is 25.7 Å². The second-order valence-electron chi connectivity index (χ2n) is 4.65. The Bertz CT molecular complexity index is 247. The van der Waals surface area contributed by atoms with Gasteiger partial charge in [0.1, 0.15) is 0 Å². The van der Waals surface area contributed by atoms with Crippen molar-refractivity contribution in [3.63, 3.8) is 0 Å². The largest absolute Gasteiger partial charge is 0.481 e. The van der Waals surface area contributed by atoms with E-state index in [0.717, 1.165) is 0 Å². The molecule has 1 amide bonds. The Hall–Kier alpha value is -1.06. The molecule has 0 aromatic heterocycles. The fraction of sp³-hybridized carbons (Fsp3) is 0.833. The van der Waals surface area contributed by atoms with Crippen LogP contribution in [0.4, 0.5) is 0 Å². The van der Waals surface area contributed by atoms with Crippen molar-refractivity contribution in [1.82, 2.24) is 5.32 Å². The van der Waals surface area contributed by atoms with Gasteiger partial charge in [-0.1, -0.05) is 19.3 Å². The van der Waals surface area contributed by atoms with Gasteiger partial charge in [0.25, 0.3) is 0 Å². The number of rotatable bonds is 5. The summed E-state index contributed by atoms with van der Waals surface area (Å²) in [6.07, 6.45) is 6.17. The van der Waals surface area contributed by atoms with Crippen molar-refractivity contribution in [3.05, 3.63) is 0 Å². The zero-order chi connectivity index (χ0) is 12.0. The Kier molecular flexibility index (Phi) is 5.29. The Morgan fingerprint density at radius 1 is 1.25 bits per heavy atom. The Morgan fingerprint density at radius 3 is 2.44 bits per heavy atom. The maximum atomic E-state index is 11.4. The number of amides is 1. The minimum Gasteiger partial charge on any atom is -0.481 e. The lowest BCUT2D eigenvalue weighted by Gasteiger charge is -2.28. The molecule has 0 aromatic carbocycles. The lowest BCUT2D eigenvalue weighted by atomic mass is 9.84. The summed E-state index contributed by atoms with van der Waals surface area (Å²) in [5.41, 5.74) is 0. The molecule has 2 N–H and O–H groups in total. The maximum absolute atomic E-state index is 11.4. The van der Waals surface area contributed by atoms with Crippen molar-refractivity contribution in [2.75, 3.05) is 0 Å². The summed E-state index contributed by atoms with van der Waals surface area (Å²) >= 11 is 0. The van der Waals surface area contributed by atoms with E-state index in [1.54, 1.807) is 0 Å². The third kappa shape index (κ3) is 4.64. The van der Waals surface area contributed by atoms with Gasteiger partial charge in [-0.3, -0.25) is 9.59 Å². The van der Waals surface area contributed by atoms with Crippen LogP contribution in [0.1, 0.15) is 51.9 Å². The van der Waals surface area contributed by atoms with Crippen LogP contribution in [0.15, 0.2) is 0 Å². The quantitative estimate of drug-likeness (QED) is 0.754. The summed E-state index contributed by atoms with van der Waals surface area (Å²) in [4.78, 5) is 21.7. The first-order valence-corrected chi connectivity index (χ1v) is 6.10. The first-order chi connectivity index (χ1) is 7.59. The molecule has 0 radical (unpaired) electrons. The van der Waals surface area contributed by atoms with Crippen LogP contribution in [0, 0.1) is 5.92 Å². The molecule has 16 heavy (non-hydrogen) atoms. The van der Waals surface area contributed by atoms with Crippen LogP contribution in [-0.4, -0.2) is 23.0 Å². The summed E-state index contributed by atoms with van der Waals surface area (Å²) in [6, 6.07) is 0.182. The van der Waals surface area contributed by atoms with Crippen LogP contribution in [0.3, 0.4) is 0 Å². The molecule has 0 aliphatic heterocycles. The molecule has 0 unspecified atom stereocenters. The van der Waals surface area contributed by atoms with E-state index in [0.29, 0.717) is 5.92 Å². The van der Waals surface area contributed by atoms with Crippen LogP contribution in [-0.2, 0) is 9.59 Å². The van der Waals surface area contributed by atoms with Gasteiger partial charge >= 0.3 is 5.97 Å². The van der Waals surface area contributed by atoms with Gasteiger partial charge in [0.2, 0.25) is 5.91 Å². The van der Waals surface area contributed by atoms with Crippen LogP contribution < -0.4 is 5.32 Å². The molecule has 1 aliphatic rings. The van der Waals surface area contributed by atoms with Crippen LogP contribution in [0.5, 0.6) is 0 Å². The van der Waals surface area contributed by atoms with Crippen molar-refractivity contribution in [2.24, 2.45) is 5.92 Å². The molecule has 1 atom stereocenters. The van der Waals surface area contributed by atoms with Crippen molar-refractivity contribution in [2.45, 2.75) is 57.9 Å². The number of carbonyl (C=O) groups excluding carboxylic acids is 1. The average Bonchev–Trinajstić information content (AvgIpc) is 2.27. The summed E-state index contributed by atoms with van der Waals surface area (Å²) < 4.78 is 0. The highest BCUT2D eigenvalue weighted by Gasteiger charge is 2.21. The maximum Gasteiger partial charge on any atom is 0.303 e. The first kappa shape index (κ1) is 13.0. The normalized spacial score (nSPS) is 19.1. The highest BCUT2D eigenvalue weighted by atomic mass is 16.4. The molecule has 1 rings (SSSR count). The van der Waals surface area contributed by atoms with E-state index in [2.05, 4.69) is 5.32 Å². The average molecular weight is 227 g/mol.